The van der Waals surface area contributed by atoms with Crippen LogP contribution in [-0.2, 0) is 16.7 Å². The largest absolute Gasteiger partial charge is 0.392 e. The summed E-state index contributed by atoms with van der Waals surface area (Å²) in [4.78, 5) is -0.00284. The number of hydrogen-bond donors (Lipinski definition) is 1. The summed E-state index contributed by atoms with van der Waals surface area (Å²) < 4.78 is 30.4. The van der Waals surface area contributed by atoms with Gasteiger partial charge in [-0.15, -0.1) is 0 Å². The van der Waals surface area contributed by atoms with Gasteiger partial charge in [-0.3, -0.25) is 0 Å². The molecule has 0 amide bonds. The van der Waals surface area contributed by atoms with Crippen molar-refractivity contribution >= 4 is 53.6 Å². The Morgan fingerprint density at radius 3 is 2.10 bits per heavy atom. The lowest BCUT2D eigenvalue weighted by Crippen LogP contribution is -2.10. The lowest BCUT2D eigenvalue weighted by molar-refractivity contribution is 0.281. The van der Waals surface area contributed by atoms with Crippen LogP contribution in [0.3, 0.4) is 0 Å². The second kappa shape index (κ2) is 6.66. The first-order valence-corrected chi connectivity index (χ1v) is 8.99. The average Bonchev–Trinajstić information content (AvgIpc) is 2.43. The van der Waals surface area contributed by atoms with Crippen molar-refractivity contribution in [3.8, 4) is 5.75 Å². The molecule has 0 heterocycles. The van der Waals surface area contributed by atoms with Gasteiger partial charge in [0.1, 0.15) is 4.90 Å². The van der Waals surface area contributed by atoms with Gasteiger partial charge in [-0.25, -0.2) is 0 Å². The fourth-order valence-electron chi connectivity index (χ4n) is 1.54. The lowest BCUT2D eigenvalue weighted by atomic mass is 10.2. The predicted molar refractivity (Wildman–Crippen MR) is 87.0 cm³/mol. The van der Waals surface area contributed by atoms with Gasteiger partial charge >= 0.3 is 10.1 Å². The average molecular weight is 457 g/mol. The molecule has 2 aromatic rings. The molecule has 0 atom stereocenters. The molecule has 0 radical (unpaired) electrons. The van der Waals surface area contributed by atoms with Crippen LogP contribution in [0.4, 0.5) is 0 Å². The zero-order valence-electron chi connectivity index (χ0n) is 10.4. The van der Waals surface area contributed by atoms with E-state index in [1.165, 1.54) is 24.3 Å². The summed E-state index contributed by atoms with van der Waals surface area (Å²) in [6.45, 7) is -0.165. The van der Waals surface area contributed by atoms with Crippen molar-refractivity contribution in [2.24, 2.45) is 0 Å². The quantitative estimate of drug-likeness (QED) is 0.703. The molecular weight excluding hydrogens is 447 g/mol. The molecule has 0 aliphatic carbocycles. The van der Waals surface area contributed by atoms with Crippen molar-refractivity contribution in [1.29, 1.82) is 0 Å². The third kappa shape index (κ3) is 3.98. The van der Waals surface area contributed by atoms with Crippen molar-refractivity contribution in [1.82, 2.24) is 0 Å². The number of benzene rings is 2. The number of rotatable bonds is 4. The lowest BCUT2D eigenvalue weighted by Gasteiger charge is -2.11. The summed E-state index contributed by atoms with van der Waals surface area (Å²) in [6, 6.07) is 8.82. The monoisotopic (exact) mass is 454 g/mol. The van der Waals surface area contributed by atoms with Gasteiger partial charge in [-0.05, 0) is 73.8 Å². The Labute approximate surface area is 144 Å². The van der Waals surface area contributed by atoms with Crippen molar-refractivity contribution in [3.63, 3.8) is 0 Å². The molecule has 0 fully saturated rings. The van der Waals surface area contributed by atoms with Gasteiger partial charge < -0.3 is 9.29 Å². The van der Waals surface area contributed by atoms with E-state index in [4.69, 9.17) is 20.9 Å². The molecule has 112 valence electrons. The number of halogens is 3. The van der Waals surface area contributed by atoms with E-state index in [1.54, 1.807) is 12.1 Å². The Morgan fingerprint density at radius 1 is 1.10 bits per heavy atom. The zero-order valence-corrected chi connectivity index (χ0v) is 15.1. The van der Waals surface area contributed by atoms with E-state index in [-0.39, 0.29) is 17.3 Å². The van der Waals surface area contributed by atoms with Gasteiger partial charge in [0.15, 0.2) is 5.75 Å². The molecular formula is C13H9Br2ClO4S. The van der Waals surface area contributed by atoms with Crippen LogP contribution in [0.2, 0.25) is 5.02 Å². The highest BCUT2D eigenvalue weighted by molar-refractivity contribution is 9.11. The molecule has 0 spiro atoms. The summed E-state index contributed by atoms with van der Waals surface area (Å²) in [5.41, 5.74) is 0.616. The van der Waals surface area contributed by atoms with Crippen LogP contribution in [0.25, 0.3) is 0 Å². The minimum atomic E-state index is -3.98. The molecule has 8 heteroatoms. The molecule has 0 unspecified atom stereocenters. The molecule has 0 saturated heterocycles. The Morgan fingerprint density at radius 2 is 1.62 bits per heavy atom. The molecule has 0 bridgehead atoms. The molecule has 0 aliphatic heterocycles. The van der Waals surface area contributed by atoms with Crippen molar-refractivity contribution < 1.29 is 17.7 Å². The highest BCUT2D eigenvalue weighted by atomic mass is 79.9. The number of aliphatic hydroxyl groups excluding tert-OH is 1. The van der Waals surface area contributed by atoms with E-state index < -0.39 is 10.1 Å². The molecule has 0 aliphatic rings. The van der Waals surface area contributed by atoms with Gasteiger partial charge in [-0.2, -0.15) is 8.42 Å². The smallest absolute Gasteiger partial charge is 0.339 e. The minimum Gasteiger partial charge on any atom is -0.392 e. The van der Waals surface area contributed by atoms with Crippen molar-refractivity contribution in [2.45, 2.75) is 11.5 Å². The van der Waals surface area contributed by atoms with Crippen molar-refractivity contribution in [3.05, 3.63) is 55.9 Å². The topological polar surface area (TPSA) is 63.6 Å². The highest BCUT2D eigenvalue weighted by Crippen LogP contribution is 2.36. The minimum absolute atomic E-state index is 0.00284. The first kappa shape index (κ1) is 16.8. The second-order valence-electron chi connectivity index (χ2n) is 4.04. The van der Waals surface area contributed by atoms with Gasteiger partial charge in [0.05, 0.1) is 15.6 Å². The van der Waals surface area contributed by atoms with Gasteiger partial charge in [0.2, 0.25) is 0 Å². The number of aliphatic hydroxyl groups is 1. The fraction of sp³-hybridized carbons (Fsp3) is 0.0769. The maximum absolute atomic E-state index is 12.2. The standard InChI is InChI=1S/C13H9Br2ClO4S/c14-11-5-8(7-17)6-12(15)13(11)20-21(18,19)10-3-1-9(16)2-4-10/h1-6,17H,7H2. The molecule has 0 saturated carbocycles. The first-order valence-electron chi connectivity index (χ1n) is 5.62. The summed E-state index contributed by atoms with van der Waals surface area (Å²) in [6.07, 6.45) is 0. The molecule has 4 nitrogen and oxygen atoms in total. The van der Waals surface area contributed by atoms with E-state index in [9.17, 15) is 8.42 Å². The maximum Gasteiger partial charge on any atom is 0.339 e. The Bertz CT molecular complexity index is 737. The first-order chi connectivity index (χ1) is 9.83. The van der Waals surface area contributed by atoms with E-state index in [0.29, 0.717) is 19.5 Å². The summed E-state index contributed by atoms with van der Waals surface area (Å²) in [5.74, 6) is 0.113. The van der Waals surface area contributed by atoms with Crippen LogP contribution in [0.5, 0.6) is 5.75 Å². The summed E-state index contributed by atoms with van der Waals surface area (Å²) >= 11 is 12.2. The third-order valence-corrected chi connectivity index (χ3v) is 5.20. The highest BCUT2D eigenvalue weighted by Gasteiger charge is 2.20. The zero-order chi connectivity index (χ0) is 15.6. The SMILES string of the molecule is O=S(=O)(Oc1c(Br)cc(CO)cc1Br)c1ccc(Cl)cc1. The van der Waals surface area contributed by atoms with Crippen LogP contribution >= 0.6 is 43.5 Å². The Balaban J connectivity index is 2.39. The summed E-state index contributed by atoms with van der Waals surface area (Å²) in [5, 5.41) is 9.53. The molecule has 21 heavy (non-hydrogen) atoms. The molecule has 2 rings (SSSR count). The molecule has 2 aromatic carbocycles. The van der Waals surface area contributed by atoms with Crippen LogP contribution in [0.1, 0.15) is 5.56 Å². The van der Waals surface area contributed by atoms with Gasteiger partial charge in [0.25, 0.3) is 0 Å². The Kier molecular flexibility index (Phi) is 5.32. The van der Waals surface area contributed by atoms with Crippen LogP contribution in [-0.4, -0.2) is 13.5 Å². The molecule has 1 N–H and O–H groups in total. The van der Waals surface area contributed by atoms with Crippen LogP contribution in [0.15, 0.2) is 50.2 Å². The second-order valence-corrected chi connectivity index (χ2v) is 7.73. The van der Waals surface area contributed by atoms with E-state index in [2.05, 4.69) is 31.9 Å². The molecule has 0 aromatic heterocycles. The van der Waals surface area contributed by atoms with E-state index in [0.717, 1.165) is 0 Å². The maximum atomic E-state index is 12.2. The third-order valence-electron chi connectivity index (χ3n) is 2.54. The van der Waals surface area contributed by atoms with Gasteiger partial charge in [0, 0.05) is 5.02 Å². The van der Waals surface area contributed by atoms with E-state index in [1.807, 2.05) is 0 Å². The Hall–Kier alpha value is -0.600. The normalized spacial score (nSPS) is 11.4. The van der Waals surface area contributed by atoms with Gasteiger partial charge in [-0.1, -0.05) is 11.6 Å². The predicted octanol–water partition coefficient (Wildman–Crippen LogP) is 4.13. The number of hydrogen-bond acceptors (Lipinski definition) is 4. The van der Waals surface area contributed by atoms with Crippen molar-refractivity contribution in [2.75, 3.05) is 0 Å². The van der Waals surface area contributed by atoms with Crippen LogP contribution in [0, 0.1) is 0 Å². The van der Waals surface area contributed by atoms with Crippen LogP contribution < -0.4 is 4.18 Å². The van der Waals surface area contributed by atoms with E-state index >= 15 is 0 Å². The fourth-order valence-corrected chi connectivity index (χ4v) is 4.29. The summed E-state index contributed by atoms with van der Waals surface area (Å²) in [7, 11) is -3.98.